The summed E-state index contributed by atoms with van der Waals surface area (Å²) >= 11 is 0. The maximum Gasteiger partial charge on any atom is 0.282 e. The van der Waals surface area contributed by atoms with E-state index in [0.29, 0.717) is 12.6 Å². The number of rotatable bonds is 0. The number of hydrogen-bond donors (Lipinski definition) is 1. The summed E-state index contributed by atoms with van der Waals surface area (Å²) in [7, 11) is 0. The summed E-state index contributed by atoms with van der Waals surface area (Å²) in [5.74, 6) is 0. The quantitative estimate of drug-likeness (QED) is 0.526. The van der Waals surface area contributed by atoms with E-state index < -0.39 is 0 Å². The van der Waals surface area contributed by atoms with Gasteiger partial charge in [0.1, 0.15) is 6.61 Å². The van der Waals surface area contributed by atoms with Crippen LogP contribution in [0.1, 0.15) is 20.8 Å². The maximum atomic E-state index is 5.15. The second-order valence-electron chi connectivity index (χ2n) is 1.63. The highest BCUT2D eigenvalue weighted by molar-refractivity contribution is 5.72. The maximum absolute atomic E-state index is 5.15. The number of hydrogen-bond acceptors (Lipinski definition) is 3. The summed E-state index contributed by atoms with van der Waals surface area (Å²) in [6.07, 6.45) is 0. The molecule has 1 unspecified atom stereocenters. The van der Waals surface area contributed by atoms with E-state index in [-0.39, 0.29) is 6.04 Å². The summed E-state index contributed by atoms with van der Waals surface area (Å²) in [6.45, 7) is 6.60. The van der Waals surface area contributed by atoms with E-state index in [4.69, 9.17) is 10.5 Å². The molecule has 0 amide bonds. The van der Waals surface area contributed by atoms with Crippen LogP contribution in [0.2, 0.25) is 0 Å². The first-order valence-corrected chi connectivity index (χ1v) is 3.25. The molecule has 0 saturated carbocycles. The third-order valence-corrected chi connectivity index (χ3v) is 0.820. The summed E-state index contributed by atoms with van der Waals surface area (Å²) in [5, 5.41) is 0. The van der Waals surface area contributed by atoms with Crippen LogP contribution in [-0.2, 0) is 4.74 Å². The predicted molar refractivity (Wildman–Crippen MR) is 38.4 cm³/mol. The van der Waals surface area contributed by atoms with E-state index in [1.807, 2.05) is 20.8 Å². The Labute approximate surface area is 55.9 Å². The molecule has 0 bridgehead atoms. The lowest BCUT2D eigenvalue weighted by molar-refractivity contribution is 0.319. The molecule has 9 heavy (non-hydrogen) atoms. The van der Waals surface area contributed by atoms with E-state index in [1.54, 1.807) is 0 Å². The van der Waals surface area contributed by atoms with Crippen molar-refractivity contribution in [2.75, 3.05) is 6.61 Å². The van der Waals surface area contributed by atoms with Crippen molar-refractivity contribution in [2.24, 2.45) is 10.7 Å². The molecule has 1 rings (SSSR count). The number of aliphatic imine (C=N–C) groups is 1. The molecular weight excluding hydrogens is 116 g/mol. The monoisotopic (exact) mass is 130 g/mol. The molecular formula is C6H14N2O. The first-order chi connectivity index (χ1) is 4.29. The predicted octanol–water partition coefficient (Wildman–Crippen LogP) is 0.746. The molecule has 0 aromatic heterocycles. The molecule has 2 N–H and O–H groups in total. The lowest BCUT2D eigenvalue weighted by Gasteiger charge is -1.89. The van der Waals surface area contributed by atoms with Crippen LogP contribution in [0.15, 0.2) is 4.99 Å². The second kappa shape index (κ2) is 4.18. The molecule has 0 saturated heterocycles. The molecule has 0 spiro atoms. The Morgan fingerprint density at radius 2 is 2.22 bits per heavy atom. The van der Waals surface area contributed by atoms with Crippen LogP contribution < -0.4 is 5.73 Å². The zero-order valence-electron chi connectivity index (χ0n) is 6.22. The van der Waals surface area contributed by atoms with Gasteiger partial charge in [-0.2, -0.15) is 0 Å². The minimum atomic E-state index is 0.264. The summed E-state index contributed by atoms with van der Waals surface area (Å²) < 4.78 is 4.79. The molecule has 1 aliphatic rings. The van der Waals surface area contributed by atoms with Crippen molar-refractivity contribution < 1.29 is 4.74 Å². The van der Waals surface area contributed by atoms with Crippen LogP contribution in [0.4, 0.5) is 0 Å². The lowest BCUT2D eigenvalue weighted by atomic mass is 10.4. The average molecular weight is 130 g/mol. The third kappa shape index (κ3) is 2.95. The van der Waals surface area contributed by atoms with Crippen LogP contribution in [0, 0.1) is 0 Å². The average Bonchev–Trinajstić information content (AvgIpc) is 2.20. The van der Waals surface area contributed by atoms with Crippen LogP contribution in [-0.4, -0.2) is 18.7 Å². The Bertz CT molecular complexity index is 101. The van der Waals surface area contributed by atoms with Crippen molar-refractivity contribution in [2.45, 2.75) is 26.8 Å². The lowest BCUT2D eigenvalue weighted by Crippen LogP contribution is -2.10. The van der Waals surface area contributed by atoms with Gasteiger partial charge in [-0.15, -0.1) is 0 Å². The van der Waals surface area contributed by atoms with E-state index in [2.05, 4.69) is 4.99 Å². The van der Waals surface area contributed by atoms with Gasteiger partial charge >= 0.3 is 0 Å². The number of nitrogens with zero attached hydrogens (tertiary/aromatic N) is 1. The smallest absolute Gasteiger partial charge is 0.282 e. The Morgan fingerprint density at radius 1 is 1.67 bits per heavy atom. The van der Waals surface area contributed by atoms with Crippen molar-refractivity contribution in [3.8, 4) is 0 Å². The Morgan fingerprint density at radius 3 is 2.33 bits per heavy atom. The Kier molecular flexibility index (Phi) is 3.84. The first kappa shape index (κ1) is 8.27. The number of ether oxygens (including phenoxy) is 1. The molecule has 3 heteroatoms. The fraction of sp³-hybridized carbons (Fsp3) is 0.833. The van der Waals surface area contributed by atoms with Crippen LogP contribution in [0.5, 0.6) is 0 Å². The topological polar surface area (TPSA) is 47.6 Å². The normalized spacial score (nSPS) is 23.4. The molecule has 1 atom stereocenters. The molecule has 0 fully saturated rings. The van der Waals surface area contributed by atoms with Gasteiger partial charge in [-0.1, -0.05) is 13.8 Å². The number of nitrogens with two attached hydrogens (primary N) is 1. The fourth-order valence-corrected chi connectivity index (χ4v) is 0.498. The van der Waals surface area contributed by atoms with Gasteiger partial charge in [-0.25, -0.2) is 4.99 Å². The van der Waals surface area contributed by atoms with Crippen molar-refractivity contribution in [1.82, 2.24) is 0 Å². The van der Waals surface area contributed by atoms with Crippen molar-refractivity contribution in [3.63, 3.8) is 0 Å². The van der Waals surface area contributed by atoms with Crippen molar-refractivity contribution in [3.05, 3.63) is 0 Å². The highest BCUT2D eigenvalue weighted by Gasteiger charge is 2.08. The standard InChI is InChI=1S/C4H8N2O.C2H6/c1-3-2-7-4(5)6-3;1-2/h3H,2H2,1H3,(H2,5,6);1-2H3. The SMILES string of the molecule is CC.CC1COC(N)=N1. The second-order valence-corrected chi connectivity index (χ2v) is 1.63. The van der Waals surface area contributed by atoms with Gasteiger partial charge in [0.15, 0.2) is 0 Å². The highest BCUT2D eigenvalue weighted by atomic mass is 16.5. The Balaban J connectivity index is 0.000000291. The number of amidine groups is 1. The zero-order valence-corrected chi connectivity index (χ0v) is 6.22. The molecule has 0 aromatic carbocycles. The molecule has 0 radical (unpaired) electrons. The first-order valence-electron chi connectivity index (χ1n) is 3.25. The molecule has 0 aliphatic carbocycles. The highest BCUT2D eigenvalue weighted by Crippen LogP contribution is 1.97. The summed E-state index contributed by atoms with van der Waals surface area (Å²) in [4.78, 5) is 3.86. The van der Waals surface area contributed by atoms with Gasteiger partial charge in [-0.3, -0.25) is 0 Å². The van der Waals surface area contributed by atoms with Gasteiger partial charge in [0, 0.05) is 0 Å². The van der Waals surface area contributed by atoms with Gasteiger partial charge in [0.05, 0.1) is 6.04 Å². The van der Waals surface area contributed by atoms with Crippen LogP contribution in [0.3, 0.4) is 0 Å². The van der Waals surface area contributed by atoms with Gasteiger partial charge in [0.25, 0.3) is 6.02 Å². The fourth-order valence-electron chi connectivity index (χ4n) is 0.498. The van der Waals surface area contributed by atoms with E-state index >= 15 is 0 Å². The van der Waals surface area contributed by atoms with Gasteiger partial charge < -0.3 is 10.5 Å². The van der Waals surface area contributed by atoms with Gasteiger partial charge in [-0.05, 0) is 6.92 Å². The zero-order chi connectivity index (χ0) is 7.28. The minimum absolute atomic E-state index is 0.264. The molecule has 54 valence electrons. The summed E-state index contributed by atoms with van der Waals surface area (Å²) in [6, 6.07) is 0.590. The Hall–Kier alpha value is -0.730. The van der Waals surface area contributed by atoms with Crippen molar-refractivity contribution in [1.29, 1.82) is 0 Å². The minimum Gasteiger partial charge on any atom is -0.463 e. The molecule has 0 aromatic rings. The van der Waals surface area contributed by atoms with E-state index in [0.717, 1.165) is 0 Å². The summed E-state index contributed by atoms with van der Waals surface area (Å²) in [5.41, 5.74) is 5.15. The third-order valence-electron chi connectivity index (χ3n) is 0.820. The largest absolute Gasteiger partial charge is 0.463 e. The van der Waals surface area contributed by atoms with Crippen LogP contribution >= 0.6 is 0 Å². The van der Waals surface area contributed by atoms with Gasteiger partial charge in [0.2, 0.25) is 0 Å². The van der Waals surface area contributed by atoms with E-state index in [9.17, 15) is 0 Å². The molecule has 1 heterocycles. The molecule has 3 nitrogen and oxygen atoms in total. The van der Waals surface area contributed by atoms with E-state index in [1.165, 1.54) is 0 Å². The van der Waals surface area contributed by atoms with Crippen molar-refractivity contribution >= 4 is 6.02 Å². The molecule has 1 aliphatic heterocycles. The van der Waals surface area contributed by atoms with Crippen LogP contribution in [0.25, 0.3) is 0 Å².